The highest BCUT2D eigenvalue weighted by Gasteiger charge is 2.11. The molecule has 0 atom stereocenters. The van der Waals surface area contributed by atoms with E-state index in [1.165, 1.54) is 23.9 Å². The Morgan fingerprint density at radius 2 is 1.84 bits per heavy atom. The van der Waals surface area contributed by atoms with Crippen molar-refractivity contribution in [2.45, 2.75) is 4.90 Å². The quantitative estimate of drug-likeness (QED) is 0.307. The summed E-state index contributed by atoms with van der Waals surface area (Å²) >= 11 is 1.34. The van der Waals surface area contributed by atoms with Gasteiger partial charge in [0.15, 0.2) is 11.5 Å². The van der Waals surface area contributed by atoms with Gasteiger partial charge in [0.05, 0.1) is 19.4 Å². The monoisotopic (exact) mass is 453 g/mol. The van der Waals surface area contributed by atoms with Crippen molar-refractivity contribution >= 4 is 23.3 Å². The lowest BCUT2D eigenvalue weighted by atomic mass is 10.2. The van der Waals surface area contributed by atoms with Gasteiger partial charge in [0, 0.05) is 16.5 Å². The number of nitrogens with zero attached hydrogens (tertiary/aromatic N) is 4. The predicted octanol–water partition coefficient (Wildman–Crippen LogP) is 3.23. The molecule has 1 N–H and O–H groups in total. The van der Waals surface area contributed by atoms with Crippen molar-refractivity contribution in [1.82, 2.24) is 25.1 Å². The number of hydrogen-bond acceptors (Lipinski definition) is 7. The Labute approximate surface area is 187 Å². The van der Waals surface area contributed by atoms with Gasteiger partial charge in [-0.15, -0.1) is 27.1 Å². The molecule has 4 rings (SSSR count). The van der Waals surface area contributed by atoms with E-state index >= 15 is 0 Å². The van der Waals surface area contributed by atoms with E-state index < -0.39 is 0 Å². The van der Waals surface area contributed by atoms with Crippen molar-refractivity contribution in [3.8, 4) is 23.0 Å². The van der Waals surface area contributed by atoms with Crippen LogP contribution in [0.25, 0.3) is 17.0 Å². The number of aromatic nitrogens is 4. The number of nitrogens with one attached hydrogen (secondary N) is 1. The molecule has 0 aliphatic carbocycles. The van der Waals surface area contributed by atoms with Crippen LogP contribution in [0.3, 0.4) is 0 Å². The van der Waals surface area contributed by atoms with E-state index in [1.807, 2.05) is 24.3 Å². The smallest absolute Gasteiger partial charge is 0.231 e. The van der Waals surface area contributed by atoms with Gasteiger partial charge in [0.1, 0.15) is 18.2 Å². The van der Waals surface area contributed by atoms with Crippen molar-refractivity contribution < 1.29 is 18.7 Å². The summed E-state index contributed by atoms with van der Waals surface area (Å²) < 4.78 is 25.4. The molecule has 10 heteroatoms. The third-order valence-electron chi connectivity index (χ3n) is 4.44. The maximum atomic E-state index is 12.9. The Morgan fingerprint density at radius 1 is 1.06 bits per heavy atom. The molecule has 2 heterocycles. The molecule has 164 valence electrons. The highest BCUT2D eigenvalue weighted by atomic mass is 32.2. The zero-order chi connectivity index (χ0) is 22.3. The van der Waals surface area contributed by atoms with Crippen molar-refractivity contribution in [2.24, 2.45) is 0 Å². The Balaban J connectivity index is 1.29. The molecule has 4 aromatic rings. The molecule has 0 aliphatic heterocycles. The zero-order valence-electron chi connectivity index (χ0n) is 17.2. The van der Waals surface area contributed by atoms with E-state index in [9.17, 15) is 9.18 Å². The van der Waals surface area contributed by atoms with Crippen molar-refractivity contribution in [3.63, 3.8) is 0 Å². The third-order valence-corrected chi connectivity index (χ3v) is 5.46. The summed E-state index contributed by atoms with van der Waals surface area (Å²) in [6, 6.07) is 16.9. The Bertz CT molecular complexity index is 1200. The molecule has 0 spiro atoms. The predicted molar refractivity (Wildman–Crippen MR) is 118 cm³/mol. The summed E-state index contributed by atoms with van der Waals surface area (Å²) in [7, 11) is 1.61. The molecular weight excluding hydrogens is 433 g/mol. The van der Waals surface area contributed by atoms with Crippen molar-refractivity contribution in [3.05, 3.63) is 66.5 Å². The highest BCUT2D eigenvalue weighted by Crippen LogP contribution is 2.22. The molecule has 0 fully saturated rings. The van der Waals surface area contributed by atoms with Gasteiger partial charge in [-0.05, 0) is 54.6 Å². The lowest BCUT2D eigenvalue weighted by Crippen LogP contribution is -2.29. The van der Waals surface area contributed by atoms with Crippen LogP contribution in [0.2, 0.25) is 0 Å². The van der Waals surface area contributed by atoms with Crippen molar-refractivity contribution in [2.75, 3.05) is 26.0 Å². The molecule has 0 saturated heterocycles. The van der Waals surface area contributed by atoms with E-state index in [4.69, 9.17) is 9.47 Å². The summed E-state index contributed by atoms with van der Waals surface area (Å²) in [5.41, 5.74) is 1.43. The first-order valence-electron chi connectivity index (χ1n) is 9.77. The number of amides is 1. The van der Waals surface area contributed by atoms with Gasteiger partial charge in [-0.1, -0.05) is 0 Å². The normalized spacial score (nSPS) is 10.8. The minimum atomic E-state index is -0.301. The molecule has 0 aliphatic rings. The van der Waals surface area contributed by atoms with Gasteiger partial charge >= 0.3 is 0 Å². The van der Waals surface area contributed by atoms with E-state index in [-0.39, 0.29) is 24.1 Å². The summed E-state index contributed by atoms with van der Waals surface area (Å²) in [5, 5.41) is 15.6. The largest absolute Gasteiger partial charge is 0.497 e. The van der Waals surface area contributed by atoms with Crippen LogP contribution in [0.15, 0.2) is 65.6 Å². The molecule has 0 saturated carbocycles. The van der Waals surface area contributed by atoms with Gasteiger partial charge in [0.25, 0.3) is 0 Å². The van der Waals surface area contributed by atoms with Crippen LogP contribution in [-0.2, 0) is 4.79 Å². The highest BCUT2D eigenvalue weighted by molar-refractivity contribution is 8.00. The average molecular weight is 453 g/mol. The molecule has 2 aromatic heterocycles. The average Bonchev–Trinajstić information content (AvgIpc) is 3.25. The minimum absolute atomic E-state index is 0.132. The zero-order valence-corrected chi connectivity index (χ0v) is 18.0. The van der Waals surface area contributed by atoms with Crippen LogP contribution in [0.1, 0.15) is 0 Å². The Morgan fingerprint density at radius 3 is 2.59 bits per heavy atom. The number of rotatable bonds is 9. The number of thioether (sulfide) groups is 1. The standard InChI is InChI=1S/C22H20FN5O3S/c1-30-17-6-2-15(3-7-17)22-26-25-19-10-11-21(27-28(19)22)31-13-12-24-20(29)14-32-18-8-4-16(23)5-9-18/h2-11H,12-14H2,1H3,(H,24,29). The van der Waals surface area contributed by atoms with Crippen molar-refractivity contribution in [1.29, 1.82) is 0 Å². The van der Waals surface area contributed by atoms with E-state index in [0.29, 0.717) is 23.9 Å². The molecular formula is C22H20FN5O3S. The summed E-state index contributed by atoms with van der Waals surface area (Å²) in [6.45, 7) is 0.585. The van der Waals surface area contributed by atoms with Gasteiger partial charge in [-0.3, -0.25) is 4.79 Å². The fraction of sp³-hybridized carbons (Fsp3) is 0.182. The molecule has 8 nitrogen and oxygen atoms in total. The summed E-state index contributed by atoms with van der Waals surface area (Å²) in [6.07, 6.45) is 0. The van der Waals surface area contributed by atoms with Crippen LogP contribution < -0.4 is 14.8 Å². The molecule has 0 radical (unpaired) electrons. The SMILES string of the molecule is COc1ccc(-c2nnc3ccc(OCCNC(=O)CSc4ccc(F)cc4)nn23)cc1. The van der Waals surface area contributed by atoms with Crippen LogP contribution in [0.5, 0.6) is 11.6 Å². The van der Waals surface area contributed by atoms with E-state index in [2.05, 4.69) is 20.6 Å². The lowest BCUT2D eigenvalue weighted by Gasteiger charge is -2.08. The maximum absolute atomic E-state index is 12.9. The summed E-state index contributed by atoms with van der Waals surface area (Å²) in [5.74, 6) is 1.53. The Hall–Kier alpha value is -3.66. The molecule has 1 amide bonds. The Kier molecular flexibility index (Phi) is 6.81. The van der Waals surface area contributed by atoms with Gasteiger partial charge in [0.2, 0.25) is 11.8 Å². The number of ether oxygens (including phenoxy) is 2. The number of fused-ring (bicyclic) bond motifs is 1. The summed E-state index contributed by atoms with van der Waals surface area (Å²) in [4.78, 5) is 12.8. The minimum Gasteiger partial charge on any atom is -0.497 e. The molecule has 0 bridgehead atoms. The third kappa shape index (κ3) is 5.33. The first-order valence-corrected chi connectivity index (χ1v) is 10.8. The fourth-order valence-electron chi connectivity index (χ4n) is 2.85. The number of carbonyl (C=O) groups is 1. The number of halogens is 1. The first kappa shape index (κ1) is 21.6. The topological polar surface area (TPSA) is 90.6 Å². The van der Waals surface area contributed by atoms with Gasteiger partial charge < -0.3 is 14.8 Å². The number of carbonyl (C=O) groups excluding carboxylic acids is 1. The lowest BCUT2D eigenvalue weighted by molar-refractivity contribution is -0.118. The second-order valence-corrected chi connectivity index (χ2v) is 7.68. The van der Waals surface area contributed by atoms with Gasteiger partial charge in [-0.2, -0.15) is 4.52 Å². The van der Waals surface area contributed by atoms with E-state index in [0.717, 1.165) is 16.2 Å². The van der Waals surface area contributed by atoms with Crippen LogP contribution >= 0.6 is 11.8 Å². The number of hydrogen-bond donors (Lipinski definition) is 1. The van der Waals surface area contributed by atoms with Crippen LogP contribution in [-0.4, -0.2) is 51.7 Å². The molecule has 2 aromatic carbocycles. The number of benzene rings is 2. The number of methoxy groups -OCH3 is 1. The first-order chi connectivity index (χ1) is 15.6. The van der Waals surface area contributed by atoms with E-state index in [1.54, 1.807) is 35.9 Å². The molecule has 0 unspecified atom stereocenters. The second-order valence-electron chi connectivity index (χ2n) is 6.63. The fourth-order valence-corrected chi connectivity index (χ4v) is 3.57. The van der Waals surface area contributed by atoms with Crippen LogP contribution in [0.4, 0.5) is 4.39 Å². The second kappa shape index (κ2) is 10.1. The van der Waals surface area contributed by atoms with Crippen LogP contribution in [0, 0.1) is 5.82 Å². The van der Waals surface area contributed by atoms with Gasteiger partial charge in [-0.25, -0.2) is 4.39 Å². The maximum Gasteiger partial charge on any atom is 0.231 e. The molecule has 32 heavy (non-hydrogen) atoms.